The Kier molecular flexibility index (Phi) is 20.9. The topological polar surface area (TPSA) is 327 Å². The van der Waals surface area contributed by atoms with E-state index in [4.69, 9.17) is 30.6 Å². The third kappa shape index (κ3) is 14.7. The van der Waals surface area contributed by atoms with Gasteiger partial charge in [-0.05, 0) is 149 Å². The van der Waals surface area contributed by atoms with Crippen LogP contribution in [0.2, 0.25) is 0 Å². The predicted molar refractivity (Wildman–Crippen MR) is 421 cm³/mol. The zero-order valence-corrected chi connectivity index (χ0v) is 60.4. The van der Waals surface area contributed by atoms with E-state index in [1.165, 1.54) is 6.39 Å². The molecule has 0 spiro atoms. The van der Waals surface area contributed by atoms with Crippen LogP contribution in [0.25, 0.3) is 83.7 Å². The summed E-state index contributed by atoms with van der Waals surface area (Å²) in [6, 6.07) is 55.8. The fraction of sp³-hybridized carbons (Fsp3) is 0.143. The van der Waals surface area contributed by atoms with Crippen molar-refractivity contribution in [2.75, 3.05) is 33.2 Å². The third-order valence-electron chi connectivity index (χ3n) is 17.7. The molecule has 0 amide bonds. The fourth-order valence-corrected chi connectivity index (χ4v) is 12.9. The lowest BCUT2D eigenvalue weighted by molar-refractivity contribution is -0.730. The molecule has 0 saturated carbocycles. The smallest absolute Gasteiger partial charge is 0.361 e. The molecule has 15 rings (SSSR count). The maximum Gasteiger partial charge on any atom is 0.361 e. The molecular weight excluding hydrogens is 1360 g/mol. The van der Waals surface area contributed by atoms with Crippen LogP contribution in [0.1, 0.15) is 105 Å². The number of hydrogen-bond donors (Lipinski definition) is 6. The summed E-state index contributed by atoms with van der Waals surface area (Å²) < 4.78 is 23.1. The number of rotatable bonds is 15. The summed E-state index contributed by atoms with van der Waals surface area (Å²) in [6.07, 6.45) is 6.33. The molecule has 0 aliphatic rings. The van der Waals surface area contributed by atoms with Crippen molar-refractivity contribution >= 4 is 66.8 Å². The van der Waals surface area contributed by atoms with Crippen molar-refractivity contribution in [1.29, 1.82) is 0 Å². The molecule has 24 nitrogen and oxygen atoms in total. The molecule has 15 aromatic rings. The van der Waals surface area contributed by atoms with E-state index < -0.39 is 0 Å². The zero-order chi connectivity index (χ0) is 75.7. The second-order valence-corrected chi connectivity index (χ2v) is 25.0. The summed E-state index contributed by atoms with van der Waals surface area (Å²) in [5.41, 5.74) is 28.0. The number of pyridine rings is 6. The highest BCUT2D eigenvalue weighted by molar-refractivity contribution is 5.91. The second-order valence-electron chi connectivity index (χ2n) is 25.0. The van der Waals surface area contributed by atoms with E-state index in [1.54, 1.807) is 96.8 Å². The average molecular weight is 1430 g/mol. The Morgan fingerprint density at radius 1 is 0.454 bits per heavy atom. The van der Waals surface area contributed by atoms with Gasteiger partial charge in [-0.3, -0.25) is 28.1 Å². The van der Waals surface area contributed by atoms with Crippen molar-refractivity contribution in [3.63, 3.8) is 0 Å². The molecule has 9 N–H and O–H groups in total. The van der Waals surface area contributed by atoms with Crippen molar-refractivity contribution < 1.29 is 18.0 Å². The van der Waals surface area contributed by atoms with Gasteiger partial charge in [0, 0.05) is 105 Å². The lowest BCUT2D eigenvalue weighted by Gasteiger charge is -2.22. The van der Waals surface area contributed by atoms with Gasteiger partial charge in [0.25, 0.3) is 22.6 Å². The van der Waals surface area contributed by atoms with Gasteiger partial charge in [-0.15, -0.1) is 28.0 Å². The van der Waals surface area contributed by atoms with Gasteiger partial charge in [0.2, 0.25) is 17.6 Å². The number of anilines is 6. The molecule has 3 atom stereocenters. The van der Waals surface area contributed by atoms with E-state index in [1.807, 2.05) is 185 Å². The van der Waals surface area contributed by atoms with E-state index in [0.717, 1.165) is 50.3 Å². The third-order valence-corrected chi connectivity index (χ3v) is 17.7. The molecule has 0 unspecified atom stereocenters. The molecule has 24 heteroatoms. The van der Waals surface area contributed by atoms with Gasteiger partial charge in [0.1, 0.15) is 28.6 Å². The molecule has 0 aliphatic carbocycles. The molecule has 0 saturated heterocycles. The van der Waals surface area contributed by atoms with Crippen molar-refractivity contribution in [3.05, 3.63) is 284 Å². The minimum absolute atomic E-state index is 0.138. The summed E-state index contributed by atoms with van der Waals surface area (Å²) in [4.78, 5) is 59.7. The first-order valence-corrected chi connectivity index (χ1v) is 34.4. The van der Waals surface area contributed by atoms with Crippen LogP contribution in [0, 0.1) is 49.4 Å². The maximum atomic E-state index is 14.0. The number of aryl methyl sites for hydroxylation is 3. The first kappa shape index (κ1) is 71.7. The minimum Gasteiger partial charge on any atom is -0.421 e. The lowest BCUT2D eigenvalue weighted by atomic mass is 10.0. The number of benzene rings is 6. The maximum absolute atomic E-state index is 14.0. The van der Waals surface area contributed by atoms with Gasteiger partial charge in [-0.1, -0.05) is 119 Å². The van der Waals surface area contributed by atoms with Gasteiger partial charge >= 0.3 is 12.3 Å². The standard InChI is InChI=1S/C28H25N6O2.2C28H24N6O2/c1-4-9-19-10-8-11-20-16-23(34(28(35)24(19)20)21-12-6-5-7-13-21)18(2)31-26-25(22(29)14-15-30-26)27-32-33(3)17-36-27;1-4-9-19-10-8-11-20-16-23(34(28(35)24(19)20)21-12-6-5-7-13-21)17(2)31-26-25(22(29)14-15-30-26)27-33-32-18(3)36-27;1-4-9-19-10-8-11-20-16-23(34(28(35)24(19)20)21-12-6-5-7-13-21)17(2)31-26-25(22(29)14-15-30-26)27-32-18(3)36-33-27/h5-8,10-18H,1-3H3,(H3,29,30,31);2*5-8,10-17H,1-3H3,(H3,29,30,31)/q+1;;/t18-;2*17-/m000/s1. The van der Waals surface area contributed by atoms with Crippen molar-refractivity contribution in [2.45, 2.75) is 73.5 Å². The van der Waals surface area contributed by atoms with Crippen LogP contribution in [-0.4, -0.2) is 54.1 Å². The number of hydrogen-bond acceptors (Lipinski definition) is 20. The quantitative estimate of drug-likeness (QED) is 0.0410. The Hall–Kier alpha value is -14.7. The molecule has 0 aliphatic heterocycles. The largest absolute Gasteiger partial charge is 0.421 e. The molecule has 534 valence electrons. The van der Waals surface area contributed by atoms with E-state index >= 15 is 0 Å². The summed E-state index contributed by atoms with van der Waals surface area (Å²) in [6.45, 7) is 14.6. The highest BCUT2D eigenvalue weighted by atomic mass is 16.5. The molecular formula is C84H73N18O6+. The van der Waals surface area contributed by atoms with Crippen LogP contribution in [0.5, 0.6) is 0 Å². The number of nitrogen functional groups attached to an aromatic ring is 3. The summed E-state index contributed by atoms with van der Waals surface area (Å²) in [5.74, 6) is 21.2. The lowest BCUT2D eigenvalue weighted by Crippen LogP contribution is -2.28. The van der Waals surface area contributed by atoms with E-state index in [9.17, 15) is 14.4 Å². The van der Waals surface area contributed by atoms with Gasteiger partial charge in [-0.2, -0.15) is 4.98 Å². The summed E-state index contributed by atoms with van der Waals surface area (Å²) in [7, 11) is 1.76. The molecule has 9 heterocycles. The molecule has 108 heavy (non-hydrogen) atoms. The van der Waals surface area contributed by atoms with Gasteiger partial charge < -0.3 is 46.5 Å². The number of aromatic nitrogens is 12. The molecule has 0 bridgehead atoms. The Morgan fingerprint density at radius 3 is 1.16 bits per heavy atom. The molecule has 0 fully saturated rings. The summed E-state index contributed by atoms with van der Waals surface area (Å²) in [5, 5.41) is 30.9. The van der Waals surface area contributed by atoms with Crippen LogP contribution in [0.15, 0.2) is 235 Å². The monoisotopic (exact) mass is 1430 g/mol. The molecule has 9 aromatic heterocycles. The van der Waals surface area contributed by atoms with Crippen LogP contribution in [0.4, 0.5) is 34.5 Å². The number of fused-ring (bicyclic) bond motifs is 3. The minimum atomic E-state index is -0.347. The van der Waals surface area contributed by atoms with Crippen LogP contribution in [0.3, 0.4) is 0 Å². The first-order valence-electron chi connectivity index (χ1n) is 34.4. The second kappa shape index (κ2) is 31.5. The number of para-hydroxylation sites is 3. The Bertz CT molecular complexity index is 5680. The zero-order valence-electron chi connectivity index (χ0n) is 60.4. The van der Waals surface area contributed by atoms with E-state index in [0.29, 0.717) is 108 Å². The van der Waals surface area contributed by atoms with Crippen molar-refractivity contribution in [1.82, 2.24) is 54.1 Å². The fourth-order valence-electron chi connectivity index (χ4n) is 12.9. The number of nitrogens with one attached hydrogen (secondary N) is 3. The first-order chi connectivity index (χ1) is 52.4. The Balaban J connectivity index is 0.000000143. The Labute approximate surface area is 620 Å². The highest BCUT2D eigenvalue weighted by Gasteiger charge is 2.27. The highest BCUT2D eigenvalue weighted by Crippen LogP contribution is 2.38. The van der Waals surface area contributed by atoms with Crippen LogP contribution < -0.4 is 54.5 Å². The van der Waals surface area contributed by atoms with Crippen molar-refractivity contribution in [3.8, 4) is 86.9 Å². The summed E-state index contributed by atoms with van der Waals surface area (Å²) >= 11 is 0. The Morgan fingerprint density at radius 2 is 0.824 bits per heavy atom. The normalized spacial score (nSPS) is 11.6. The van der Waals surface area contributed by atoms with Gasteiger partial charge in [0.15, 0.2) is 7.05 Å². The predicted octanol–water partition coefficient (Wildman–Crippen LogP) is 13.7. The van der Waals surface area contributed by atoms with E-state index in [2.05, 4.69) is 91.9 Å². The van der Waals surface area contributed by atoms with Crippen LogP contribution >= 0.6 is 0 Å². The SMILES string of the molecule is CC#Cc1cccc2cc([C@H](C)Nc3nccc(N)c3-c3n[n+](C)co3)n(-c3ccccc3)c(=O)c12.CC#Cc1cccc2cc([C@H](C)Nc3nccc(N)c3-c3nnc(C)o3)n(-c3ccccc3)c(=O)c12.CC#Cc1cccc2cc([C@H](C)Nc3nccc(N)c3-c3noc(C)n3)n(-c3ccccc3)c(=O)c12. The van der Waals surface area contributed by atoms with Gasteiger partial charge in [-0.25, -0.2) is 15.0 Å². The average Bonchev–Trinajstić information content (AvgIpc) is 0.780. The molecule has 0 radical (unpaired) electrons. The van der Waals surface area contributed by atoms with E-state index in [-0.39, 0.29) is 40.7 Å². The van der Waals surface area contributed by atoms with Crippen molar-refractivity contribution in [2.24, 2.45) is 7.05 Å². The van der Waals surface area contributed by atoms with Crippen LogP contribution in [-0.2, 0) is 7.05 Å². The number of nitrogens with zero attached hydrogens (tertiary/aromatic N) is 12. The number of nitrogens with two attached hydrogens (primary N) is 3. The van der Waals surface area contributed by atoms with Gasteiger partial charge in [0.05, 0.1) is 39.8 Å². The molecule has 6 aromatic carbocycles.